The van der Waals surface area contributed by atoms with Gasteiger partial charge in [-0.2, -0.15) is 0 Å². The van der Waals surface area contributed by atoms with Gasteiger partial charge in [-0.15, -0.1) is 11.8 Å². The number of benzene rings is 1. The largest absolute Gasteiger partial charge is 0.384 e. The van der Waals surface area contributed by atoms with Crippen LogP contribution in [-0.4, -0.2) is 13.7 Å². The molecule has 1 aromatic carbocycles. The molecule has 0 N–H and O–H groups in total. The van der Waals surface area contributed by atoms with E-state index in [1.165, 1.54) is 32.1 Å². The molecule has 0 radical (unpaired) electrons. The zero-order valence-electron chi connectivity index (χ0n) is 12.3. The Balaban J connectivity index is 1.85. The van der Waals surface area contributed by atoms with Gasteiger partial charge >= 0.3 is 0 Å². The number of ether oxygens (including phenoxy) is 1. The highest BCUT2D eigenvalue weighted by Crippen LogP contribution is 2.47. The molecule has 108 valence electrons. The standard InChI is InChI=1S/C18H24OS/c1-19-13-15-11-12-20-18(15)17-10-6-5-9-16(17)14-7-3-2-4-8-14/h5-6,9-12,14-15,18H,2-4,7-8,13H2,1H3. The molecule has 2 atom stereocenters. The van der Waals surface area contributed by atoms with Crippen LogP contribution in [0.5, 0.6) is 0 Å². The molecule has 0 saturated heterocycles. The molecule has 1 aromatic rings. The summed E-state index contributed by atoms with van der Waals surface area (Å²) in [6.45, 7) is 0.827. The molecule has 0 aromatic heterocycles. The zero-order chi connectivity index (χ0) is 13.8. The van der Waals surface area contributed by atoms with Crippen LogP contribution in [0, 0.1) is 5.92 Å². The van der Waals surface area contributed by atoms with Gasteiger partial charge in [-0.25, -0.2) is 0 Å². The minimum absolute atomic E-state index is 0.523. The summed E-state index contributed by atoms with van der Waals surface area (Å²) in [7, 11) is 1.81. The summed E-state index contributed by atoms with van der Waals surface area (Å²) in [4.78, 5) is 0. The average Bonchev–Trinajstić information content (AvgIpc) is 2.97. The average molecular weight is 288 g/mol. The maximum Gasteiger partial charge on any atom is 0.0539 e. The van der Waals surface area contributed by atoms with Crippen LogP contribution in [0.1, 0.15) is 54.4 Å². The lowest BCUT2D eigenvalue weighted by atomic mass is 9.80. The molecule has 0 amide bonds. The molecule has 3 rings (SSSR count). The summed E-state index contributed by atoms with van der Waals surface area (Å²) in [5.74, 6) is 1.30. The Morgan fingerprint density at radius 3 is 2.60 bits per heavy atom. The Morgan fingerprint density at radius 1 is 1.10 bits per heavy atom. The van der Waals surface area contributed by atoms with Crippen molar-refractivity contribution in [2.45, 2.75) is 43.3 Å². The summed E-state index contributed by atoms with van der Waals surface area (Å²) < 4.78 is 5.40. The maximum absolute atomic E-state index is 5.40. The number of hydrogen-bond acceptors (Lipinski definition) is 2. The van der Waals surface area contributed by atoms with Gasteiger partial charge in [0.2, 0.25) is 0 Å². The highest BCUT2D eigenvalue weighted by atomic mass is 32.2. The fourth-order valence-electron chi connectivity index (χ4n) is 3.63. The van der Waals surface area contributed by atoms with E-state index in [0.717, 1.165) is 12.5 Å². The highest BCUT2D eigenvalue weighted by Gasteiger charge is 2.29. The van der Waals surface area contributed by atoms with Crippen LogP contribution in [0.4, 0.5) is 0 Å². The molecule has 2 aliphatic rings. The fourth-order valence-corrected chi connectivity index (χ4v) is 4.82. The SMILES string of the molecule is COCC1C=CSC1c1ccccc1C1CCCCC1. The summed E-state index contributed by atoms with van der Waals surface area (Å²) in [6, 6.07) is 9.13. The Kier molecular flexibility index (Phi) is 4.85. The number of rotatable bonds is 4. The van der Waals surface area contributed by atoms with Crippen LogP contribution in [0.2, 0.25) is 0 Å². The van der Waals surface area contributed by atoms with Crippen molar-refractivity contribution in [3.05, 3.63) is 46.9 Å². The van der Waals surface area contributed by atoms with E-state index < -0.39 is 0 Å². The molecule has 1 heterocycles. The maximum atomic E-state index is 5.40. The van der Waals surface area contributed by atoms with Crippen molar-refractivity contribution in [3.8, 4) is 0 Å². The van der Waals surface area contributed by atoms with Gasteiger partial charge in [-0.3, -0.25) is 0 Å². The number of hydrogen-bond donors (Lipinski definition) is 0. The third kappa shape index (κ3) is 2.96. The van der Waals surface area contributed by atoms with Crippen LogP contribution < -0.4 is 0 Å². The molecule has 1 saturated carbocycles. The van der Waals surface area contributed by atoms with Gasteiger partial charge < -0.3 is 4.74 Å². The minimum atomic E-state index is 0.523. The van der Waals surface area contributed by atoms with E-state index in [1.807, 2.05) is 11.8 Å². The summed E-state index contributed by atoms with van der Waals surface area (Å²) in [5, 5.41) is 2.81. The first-order valence-corrected chi connectivity index (χ1v) is 8.74. The van der Waals surface area contributed by atoms with Gasteiger partial charge in [-0.1, -0.05) is 49.6 Å². The van der Waals surface area contributed by atoms with E-state index in [1.54, 1.807) is 18.2 Å². The second-order valence-electron chi connectivity index (χ2n) is 5.97. The van der Waals surface area contributed by atoms with Crippen molar-refractivity contribution in [1.82, 2.24) is 0 Å². The summed E-state index contributed by atoms with van der Waals surface area (Å²) >= 11 is 1.96. The Bertz CT molecular complexity index is 462. The van der Waals surface area contributed by atoms with Gasteiger partial charge in [0.25, 0.3) is 0 Å². The monoisotopic (exact) mass is 288 g/mol. The second-order valence-corrected chi connectivity index (χ2v) is 7.02. The summed E-state index contributed by atoms with van der Waals surface area (Å²) in [5.41, 5.74) is 3.16. The number of thioether (sulfide) groups is 1. The predicted molar refractivity (Wildman–Crippen MR) is 87.1 cm³/mol. The van der Waals surface area contributed by atoms with E-state index in [-0.39, 0.29) is 0 Å². The molecule has 0 spiro atoms. The normalized spacial score (nSPS) is 27.1. The lowest BCUT2D eigenvalue weighted by molar-refractivity contribution is 0.169. The molecular formula is C18H24OS. The van der Waals surface area contributed by atoms with Crippen LogP contribution in [0.25, 0.3) is 0 Å². The first-order valence-electron chi connectivity index (χ1n) is 7.80. The van der Waals surface area contributed by atoms with Gasteiger partial charge in [0.15, 0.2) is 0 Å². The van der Waals surface area contributed by atoms with Gasteiger partial charge in [0.1, 0.15) is 0 Å². The molecule has 2 unspecified atom stereocenters. The molecule has 2 heteroatoms. The molecule has 0 bridgehead atoms. The Morgan fingerprint density at radius 2 is 1.85 bits per heavy atom. The third-order valence-electron chi connectivity index (χ3n) is 4.65. The van der Waals surface area contributed by atoms with E-state index in [0.29, 0.717) is 11.2 Å². The minimum Gasteiger partial charge on any atom is -0.384 e. The van der Waals surface area contributed by atoms with Crippen molar-refractivity contribution in [1.29, 1.82) is 0 Å². The van der Waals surface area contributed by atoms with Crippen LogP contribution in [0.15, 0.2) is 35.7 Å². The molecule has 1 fully saturated rings. The molecule has 1 nitrogen and oxygen atoms in total. The highest BCUT2D eigenvalue weighted by molar-refractivity contribution is 8.02. The van der Waals surface area contributed by atoms with Gasteiger partial charge in [-0.05, 0) is 35.3 Å². The first kappa shape index (κ1) is 14.2. The van der Waals surface area contributed by atoms with E-state index >= 15 is 0 Å². The topological polar surface area (TPSA) is 9.23 Å². The first-order chi connectivity index (χ1) is 9.90. The Labute approximate surface area is 126 Å². The molecular weight excluding hydrogens is 264 g/mol. The quantitative estimate of drug-likeness (QED) is 0.743. The van der Waals surface area contributed by atoms with Crippen LogP contribution in [0.3, 0.4) is 0 Å². The third-order valence-corrected chi connectivity index (χ3v) is 5.86. The van der Waals surface area contributed by atoms with Crippen molar-refractivity contribution >= 4 is 11.8 Å². The van der Waals surface area contributed by atoms with E-state index in [2.05, 4.69) is 35.7 Å². The van der Waals surface area contributed by atoms with Gasteiger partial charge in [0, 0.05) is 18.3 Å². The van der Waals surface area contributed by atoms with Gasteiger partial charge in [0.05, 0.1) is 6.61 Å². The predicted octanol–water partition coefficient (Wildman–Crippen LogP) is 5.30. The smallest absolute Gasteiger partial charge is 0.0539 e. The number of methoxy groups -OCH3 is 1. The summed E-state index contributed by atoms with van der Waals surface area (Å²) in [6.07, 6.45) is 9.28. The lowest BCUT2D eigenvalue weighted by Crippen LogP contribution is -2.14. The molecule has 20 heavy (non-hydrogen) atoms. The van der Waals surface area contributed by atoms with Crippen molar-refractivity contribution in [3.63, 3.8) is 0 Å². The van der Waals surface area contributed by atoms with E-state index in [4.69, 9.17) is 4.74 Å². The van der Waals surface area contributed by atoms with Crippen molar-refractivity contribution in [2.75, 3.05) is 13.7 Å². The molecule has 1 aliphatic heterocycles. The van der Waals surface area contributed by atoms with Crippen LogP contribution >= 0.6 is 11.8 Å². The second kappa shape index (κ2) is 6.82. The fraction of sp³-hybridized carbons (Fsp3) is 0.556. The van der Waals surface area contributed by atoms with Crippen molar-refractivity contribution in [2.24, 2.45) is 5.92 Å². The Hall–Kier alpha value is -0.730. The molecule has 1 aliphatic carbocycles. The zero-order valence-corrected chi connectivity index (χ0v) is 13.1. The van der Waals surface area contributed by atoms with E-state index in [9.17, 15) is 0 Å². The van der Waals surface area contributed by atoms with Crippen LogP contribution in [-0.2, 0) is 4.74 Å². The van der Waals surface area contributed by atoms with Crippen molar-refractivity contribution < 1.29 is 4.74 Å². The lowest BCUT2D eigenvalue weighted by Gasteiger charge is -2.28.